The molecule has 1 nitrogen and oxygen atoms in total. The van der Waals surface area contributed by atoms with Crippen LogP contribution in [0.3, 0.4) is 0 Å². The maximum Gasteiger partial charge on any atom is 0.129 e. The van der Waals surface area contributed by atoms with Gasteiger partial charge in [0.2, 0.25) is 0 Å². The molecule has 17 heavy (non-hydrogen) atoms. The highest BCUT2D eigenvalue weighted by molar-refractivity contribution is 9.10. The highest BCUT2D eigenvalue weighted by Gasteiger charge is 2.13. The Balaban J connectivity index is 2.36. The molecule has 0 amide bonds. The lowest BCUT2D eigenvalue weighted by Gasteiger charge is -2.13. The van der Waals surface area contributed by atoms with Gasteiger partial charge < -0.3 is 5.73 Å². The predicted molar refractivity (Wildman–Crippen MR) is 71.6 cm³/mol. The van der Waals surface area contributed by atoms with E-state index in [9.17, 15) is 4.39 Å². The van der Waals surface area contributed by atoms with Crippen LogP contribution >= 0.6 is 27.5 Å². The van der Waals surface area contributed by atoms with E-state index in [0.717, 1.165) is 10.0 Å². The molecule has 0 bridgehead atoms. The van der Waals surface area contributed by atoms with Gasteiger partial charge in [0, 0.05) is 15.1 Å². The Labute approximate surface area is 113 Å². The first kappa shape index (κ1) is 12.6. The molecule has 88 valence electrons. The fraction of sp³-hybridized carbons (Fsp3) is 0.0769. The van der Waals surface area contributed by atoms with E-state index in [0.29, 0.717) is 10.6 Å². The SMILES string of the molecule is NC(c1ccc(Br)cc1)c1ccc(Cl)cc1F. The summed E-state index contributed by atoms with van der Waals surface area (Å²) in [6, 6.07) is 11.5. The average molecular weight is 315 g/mol. The van der Waals surface area contributed by atoms with Crippen molar-refractivity contribution in [2.75, 3.05) is 0 Å². The molecule has 1 unspecified atom stereocenters. The summed E-state index contributed by atoms with van der Waals surface area (Å²) in [5, 5.41) is 0.370. The van der Waals surface area contributed by atoms with Gasteiger partial charge in [0.1, 0.15) is 5.82 Å². The molecule has 0 aliphatic heterocycles. The molecule has 0 aromatic heterocycles. The second kappa shape index (κ2) is 5.17. The minimum absolute atomic E-state index is 0.370. The second-order valence-corrected chi connectivity index (χ2v) is 5.05. The third kappa shape index (κ3) is 2.86. The summed E-state index contributed by atoms with van der Waals surface area (Å²) in [6.07, 6.45) is 0. The minimum atomic E-state index is -0.486. The Morgan fingerprint density at radius 1 is 1.12 bits per heavy atom. The van der Waals surface area contributed by atoms with Gasteiger partial charge >= 0.3 is 0 Å². The van der Waals surface area contributed by atoms with Crippen molar-refractivity contribution in [1.29, 1.82) is 0 Å². The van der Waals surface area contributed by atoms with E-state index in [-0.39, 0.29) is 5.82 Å². The van der Waals surface area contributed by atoms with E-state index >= 15 is 0 Å². The van der Waals surface area contributed by atoms with Crippen molar-refractivity contribution in [3.05, 3.63) is 68.9 Å². The van der Waals surface area contributed by atoms with Crippen molar-refractivity contribution in [1.82, 2.24) is 0 Å². The highest BCUT2D eigenvalue weighted by atomic mass is 79.9. The summed E-state index contributed by atoms with van der Waals surface area (Å²) >= 11 is 9.04. The van der Waals surface area contributed by atoms with Crippen LogP contribution in [-0.2, 0) is 0 Å². The lowest BCUT2D eigenvalue weighted by Crippen LogP contribution is -2.13. The van der Waals surface area contributed by atoms with Crippen molar-refractivity contribution < 1.29 is 4.39 Å². The van der Waals surface area contributed by atoms with Gasteiger partial charge in [-0.1, -0.05) is 45.7 Å². The Morgan fingerprint density at radius 2 is 1.76 bits per heavy atom. The topological polar surface area (TPSA) is 26.0 Å². The Morgan fingerprint density at radius 3 is 2.35 bits per heavy atom. The molecule has 0 saturated carbocycles. The third-order valence-electron chi connectivity index (χ3n) is 2.53. The number of rotatable bonds is 2. The Kier molecular flexibility index (Phi) is 3.82. The van der Waals surface area contributed by atoms with Crippen LogP contribution in [0.5, 0.6) is 0 Å². The lowest BCUT2D eigenvalue weighted by molar-refractivity contribution is 0.600. The molecular weight excluding hydrogens is 305 g/mol. The van der Waals surface area contributed by atoms with Crippen molar-refractivity contribution in [2.45, 2.75) is 6.04 Å². The van der Waals surface area contributed by atoms with E-state index in [4.69, 9.17) is 17.3 Å². The first-order chi connectivity index (χ1) is 8.08. The standard InChI is InChI=1S/C13H10BrClFN/c14-9-3-1-8(2-4-9)13(17)11-6-5-10(15)7-12(11)16/h1-7,13H,17H2. The Bertz CT molecular complexity index is 527. The van der Waals surface area contributed by atoms with Crippen molar-refractivity contribution in [3.63, 3.8) is 0 Å². The van der Waals surface area contributed by atoms with Crippen LogP contribution in [0.1, 0.15) is 17.2 Å². The van der Waals surface area contributed by atoms with Crippen LogP contribution in [0.4, 0.5) is 4.39 Å². The molecule has 0 spiro atoms. The predicted octanol–water partition coefficient (Wildman–Crippen LogP) is 4.29. The average Bonchev–Trinajstić information content (AvgIpc) is 2.29. The maximum atomic E-state index is 13.7. The van der Waals surface area contributed by atoms with Gasteiger partial charge in [0.15, 0.2) is 0 Å². The van der Waals surface area contributed by atoms with Crippen LogP contribution in [0.15, 0.2) is 46.9 Å². The highest BCUT2D eigenvalue weighted by Crippen LogP contribution is 2.25. The number of benzene rings is 2. The largest absolute Gasteiger partial charge is 0.320 e. The lowest BCUT2D eigenvalue weighted by atomic mass is 9.99. The first-order valence-corrected chi connectivity index (χ1v) is 6.21. The minimum Gasteiger partial charge on any atom is -0.320 e. The molecule has 2 rings (SSSR count). The summed E-state index contributed by atoms with van der Waals surface area (Å²) in [6.45, 7) is 0. The molecule has 2 aromatic carbocycles. The van der Waals surface area contributed by atoms with E-state index in [1.807, 2.05) is 24.3 Å². The maximum absolute atomic E-state index is 13.7. The van der Waals surface area contributed by atoms with Crippen molar-refractivity contribution >= 4 is 27.5 Å². The zero-order valence-corrected chi connectivity index (χ0v) is 11.2. The zero-order valence-electron chi connectivity index (χ0n) is 8.83. The van der Waals surface area contributed by atoms with E-state index in [2.05, 4.69) is 15.9 Å². The second-order valence-electron chi connectivity index (χ2n) is 3.70. The first-order valence-electron chi connectivity index (χ1n) is 5.04. The number of nitrogens with two attached hydrogens (primary N) is 1. The molecule has 4 heteroatoms. The van der Waals surface area contributed by atoms with Gasteiger partial charge in [-0.05, 0) is 29.8 Å². The summed E-state index contributed by atoms with van der Waals surface area (Å²) < 4.78 is 14.7. The van der Waals surface area contributed by atoms with Crippen molar-refractivity contribution in [3.8, 4) is 0 Å². The molecule has 0 aliphatic carbocycles. The van der Waals surface area contributed by atoms with Gasteiger partial charge in [-0.15, -0.1) is 0 Å². The molecule has 0 saturated heterocycles. The monoisotopic (exact) mass is 313 g/mol. The van der Waals surface area contributed by atoms with Gasteiger partial charge in [-0.25, -0.2) is 4.39 Å². The quantitative estimate of drug-likeness (QED) is 0.879. The van der Waals surface area contributed by atoms with Crippen LogP contribution in [0.25, 0.3) is 0 Å². The molecule has 0 radical (unpaired) electrons. The number of hydrogen-bond acceptors (Lipinski definition) is 1. The molecule has 1 atom stereocenters. The smallest absolute Gasteiger partial charge is 0.129 e. The normalized spacial score (nSPS) is 12.5. The van der Waals surface area contributed by atoms with Gasteiger partial charge in [0.05, 0.1) is 6.04 Å². The van der Waals surface area contributed by atoms with Crippen molar-refractivity contribution in [2.24, 2.45) is 5.73 Å². The van der Waals surface area contributed by atoms with Crippen LogP contribution < -0.4 is 5.73 Å². The number of halogens is 3. The Hall–Kier alpha value is -0.900. The summed E-state index contributed by atoms with van der Waals surface area (Å²) in [7, 11) is 0. The molecule has 2 aromatic rings. The molecule has 0 aliphatic rings. The van der Waals surface area contributed by atoms with Gasteiger partial charge in [-0.2, -0.15) is 0 Å². The fourth-order valence-corrected chi connectivity index (χ4v) is 2.03. The molecular formula is C13H10BrClFN. The van der Waals surface area contributed by atoms with Gasteiger partial charge in [0.25, 0.3) is 0 Å². The van der Waals surface area contributed by atoms with Crippen LogP contribution in [-0.4, -0.2) is 0 Å². The fourth-order valence-electron chi connectivity index (χ4n) is 1.60. The third-order valence-corrected chi connectivity index (χ3v) is 3.29. The van der Waals surface area contributed by atoms with Crippen LogP contribution in [0, 0.1) is 5.82 Å². The molecule has 0 heterocycles. The summed E-state index contributed by atoms with van der Waals surface area (Å²) in [4.78, 5) is 0. The molecule has 0 fully saturated rings. The van der Waals surface area contributed by atoms with E-state index < -0.39 is 6.04 Å². The number of hydrogen-bond donors (Lipinski definition) is 1. The van der Waals surface area contributed by atoms with Crippen LogP contribution in [0.2, 0.25) is 5.02 Å². The summed E-state index contributed by atoms with van der Waals surface area (Å²) in [5.41, 5.74) is 7.32. The summed E-state index contributed by atoms with van der Waals surface area (Å²) in [5.74, 6) is -0.382. The van der Waals surface area contributed by atoms with E-state index in [1.165, 1.54) is 6.07 Å². The molecule has 2 N–H and O–H groups in total. The van der Waals surface area contributed by atoms with Gasteiger partial charge in [-0.3, -0.25) is 0 Å². The van der Waals surface area contributed by atoms with E-state index in [1.54, 1.807) is 12.1 Å². The zero-order chi connectivity index (χ0) is 12.4.